The molecular weight excluding hydrogens is 371 g/mol. The number of thioether (sulfide) groups is 1. The second-order valence-electron chi connectivity index (χ2n) is 6.51. The van der Waals surface area contributed by atoms with E-state index >= 15 is 0 Å². The van der Waals surface area contributed by atoms with E-state index < -0.39 is 0 Å². The van der Waals surface area contributed by atoms with Gasteiger partial charge in [0.1, 0.15) is 11.1 Å². The number of carbonyl (C=O) groups excluding carboxylic acids is 1. The molecule has 2 atom stereocenters. The standard InChI is InChI=1S/C20H21FN2OS.ClH/c21-16-6-3-5-15(12-16)18-13-22-9-10-23(18)20(24)19-17-7-2-1-4-14(17)8-11-25-19;/h1-7,12,18-19,22H,8-11,13H2;1H. The molecule has 1 amide bonds. The lowest BCUT2D eigenvalue weighted by atomic mass is 9.98. The number of amides is 1. The highest BCUT2D eigenvalue weighted by Crippen LogP contribution is 2.39. The van der Waals surface area contributed by atoms with Gasteiger partial charge in [0.15, 0.2) is 0 Å². The maximum absolute atomic E-state index is 13.7. The number of nitrogens with one attached hydrogen (secondary N) is 1. The summed E-state index contributed by atoms with van der Waals surface area (Å²) in [6.07, 6.45) is 1.01. The van der Waals surface area contributed by atoms with Gasteiger partial charge in [-0.3, -0.25) is 4.79 Å². The van der Waals surface area contributed by atoms with E-state index in [0.29, 0.717) is 13.1 Å². The summed E-state index contributed by atoms with van der Waals surface area (Å²) in [5.41, 5.74) is 3.27. The van der Waals surface area contributed by atoms with E-state index in [2.05, 4.69) is 17.4 Å². The highest BCUT2D eigenvalue weighted by atomic mass is 35.5. The molecule has 0 saturated carbocycles. The van der Waals surface area contributed by atoms with Gasteiger partial charge in [-0.25, -0.2) is 4.39 Å². The van der Waals surface area contributed by atoms with Crippen molar-refractivity contribution in [3.63, 3.8) is 0 Å². The van der Waals surface area contributed by atoms with Crippen LogP contribution in [-0.2, 0) is 11.2 Å². The molecule has 2 aromatic carbocycles. The smallest absolute Gasteiger partial charge is 0.240 e. The molecule has 1 saturated heterocycles. The Labute approximate surface area is 163 Å². The zero-order valence-corrected chi connectivity index (χ0v) is 16.0. The predicted octanol–water partition coefficient (Wildman–Crippen LogP) is 3.75. The Morgan fingerprint density at radius 2 is 2.04 bits per heavy atom. The topological polar surface area (TPSA) is 32.3 Å². The summed E-state index contributed by atoms with van der Waals surface area (Å²) in [5.74, 6) is 0.852. The molecule has 1 N–H and O–H groups in total. The Kier molecular flexibility index (Phi) is 6.22. The number of nitrogens with zero attached hydrogens (tertiary/aromatic N) is 1. The Bertz CT molecular complexity index is 788. The SMILES string of the molecule is Cl.O=C(C1SCCc2ccccc21)N1CCNCC1c1cccc(F)c1. The van der Waals surface area contributed by atoms with E-state index in [1.54, 1.807) is 23.9 Å². The summed E-state index contributed by atoms with van der Waals surface area (Å²) in [6.45, 7) is 2.09. The van der Waals surface area contributed by atoms with Crippen molar-refractivity contribution in [3.8, 4) is 0 Å². The first kappa shape index (κ1) is 19.2. The van der Waals surface area contributed by atoms with Crippen LogP contribution in [0.2, 0.25) is 0 Å². The third-order valence-corrected chi connectivity index (χ3v) is 6.21. The van der Waals surface area contributed by atoms with E-state index in [1.807, 2.05) is 23.1 Å². The molecule has 138 valence electrons. The molecule has 2 aliphatic rings. The lowest BCUT2D eigenvalue weighted by Gasteiger charge is -2.39. The summed E-state index contributed by atoms with van der Waals surface area (Å²) in [7, 11) is 0. The molecule has 2 aromatic rings. The quantitative estimate of drug-likeness (QED) is 0.844. The third-order valence-electron chi connectivity index (χ3n) is 4.98. The zero-order valence-electron chi connectivity index (χ0n) is 14.4. The number of fused-ring (bicyclic) bond motifs is 1. The van der Waals surface area contributed by atoms with Crippen molar-refractivity contribution in [2.24, 2.45) is 0 Å². The number of carbonyl (C=O) groups is 1. The maximum atomic E-state index is 13.7. The third kappa shape index (κ3) is 3.75. The number of hydrogen-bond acceptors (Lipinski definition) is 3. The van der Waals surface area contributed by atoms with Crippen LogP contribution in [0.25, 0.3) is 0 Å². The molecule has 0 aliphatic carbocycles. The normalized spacial score (nSPS) is 22.3. The number of piperazine rings is 1. The molecule has 0 spiro atoms. The van der Waals surface area contributed by atoms with Crippen LogP contribution in [0.15, 0.2) is 48.5 Å². The van der Waals surface area contributed by atoms with Crippen molar-refractivity contribution < 1.29 is 9.18 Å². The van der Waals surface area contributed by atoms with Gasteiger partial charge < -0.3 is 10.2 Å². The van der Waals surface area contributed by atoms with E-state index in [0.717, 1.165) is 29.8 Å². The predicted molar refractivity (Wildman–Crippen MR) is 106 cm³/mol. The van der Waals surface area contributed by atoms with E-state index in [4.69, 9.17) is 0 Å². The molecule has 0 radical (unpaired) electrons. The van der Waals surface area contributed by atoms with E-state index in [9.17, 15) is 9.18 Å². The lowest BCUT2D eigenvalue weighted by molar-refractivity contribution is -0.134. The fourth-order valence-electron chi connectivity index (χ4n) is 3.73. The molecule has 2 aliphatic heterocycles. The van der Waals surface area contributed by atoms with Gasteiger partial charge in [0.2, 0.25) is 5.91 Å². The van der Waals surface area contributed by atoms with Crippen LogP contribution < -0.4 is 5.32 Å². The average Bonchev–Trinajstić information content (AvgIpc) is 2.67. The molecule has 0 bridgehead atoms. The molecular formula is C20H22ClFN2OS. The van der Waals surface area contributed by atoms with Crippen molar-refractivity contribution in [2.75, 3.05) is 25.4 Å². The summed E-state index contributed by atoms with van der Waals surface area (Å²) >= 11 is 1.72. The van der Waals surface area contributed by atoms with Gasteiger partial charge in [0, 0.05) is 19.6 Å². The van der Waals surface area contributed by atoms with Gasteiger partial charge in [-0.2, -0.15) is 0 Å². The number of rotatable bonds is 2. The average molecular weight is 393 g/mol. The summed E-state index contributed by atoms with van der Waals surface area (Å²) in [5, 5.41) is 3.18. The van der Waals surface area contributed by atoms with Crippen molar-refractivity contribution in [1.29, 1.82) is 0 Å². The van der Waals surface area contributed by atoms with Crippen molar-refractivity contribution in [1.82, 2.24) is 10.2 Å². The molecule has 26 heavy (non-hydrogen) atoms. The van der Waals surface area contributed by atoms with Gasteiger partial charge in [0.05, 0.1) is 6.04 Å². The summed E-state index contributed by atoms with van der Waals surface area (Å²) in [4.78, 5) is 15.3. The van der Waals surface area contributed by atoms with E-state index in [-0.39, 0.29) is 35.4 Å². The molecule has 2 heterocycles. The van der Waals surface area contributed by atoms with Crippen LogP contribution in [0.3, 0.4) is 0 Å². The number of benzene rings is 2. The lowest BCUT2D eigenvalue weighted by Crippen LogP contribution is -2.50. The minimum Gasteiger partial charge on any atom is -0.332 e. The van der Waals surface area contributed by atoms with Crippen LogP contribution in [0, 0.1) is 5.82 Å². The fourth-order valence-corrected chi connectivity index (χ4v) is 4.99. The molecule has 4 rings (SSSR count). The van der Waals surface area contributed by atoms with E-state index in [1.165, 1.54) is 11.6 Å². The molecule has 3 nitrogen and oxygen atoms in total. The monoisotopic (exact) mass is 392 g/mol. The molecule has 0 aromatic heterocycles. The Balaban J connectivity index is 0.00000196. The van der Waals surface area contributed by atoms with Gasteiger partial charge in [0.25, 0.3) is 0 Å². The Morgan fingerprint density at radius 3 is 2.88 bits per heavy atom. The zero-order chi connectivity index (χ0) is 17.2. The second-order valence-corrected chi connectivity index (χ2v) is 7.72. The maximum Gasteiger partial charge on any atom is 0.240 e. The van der Waals surface area contributed by atoms with Crippen molar-refractivity contribution >= 4 is 30.1 Å². The summed E-state index contributed by atoms with van der Waals surface area (Å²) < 4.78 is 13.7. The molecule has 6 heteroatoms. The van der Waals surface area contributed by atoms with Crippen LogP contribution in [-0.4, -0.2) is 36.2 Å². The second kappa shape index (κ2) is 8.42. The molecule has 2 unspecified atom stereocenters. The van der Waals surface area contributed by atoms with Crippen molar-refractivity contribution in [3.05, 3.63) is 71.0 Å². The van der Waals surface area contributed by atoms with Crippen molar-refractivity contribution in [2.45, 2.75) is 17.7 Å². The first-order chi connectivity index (χ1) is 12.2. The largest absolute Gasteiger partial charge is 0.332 e. The van der Waals surface area contributed by atoms with Crippen LogP contribution in [0.5, 0.6) is 0 Å². The highest BCUT2D eigenvalue weighted by Gasteiger charge is 2.35. The highest BCUT2D eigenvalue weighted by molar-refractivity contribution is 8.00. The minimum absolute atomic E-state index is 0. The van der Waals surface area contributed by atoms with Gasteiger partial charge >= 0.3 is 0 Å². The first-order valence-electron chi connectivity index (χ1n) is 8.70. The summed E-state index contributed by atoms with van der Waals surface area (Å²) in [6, 6.07) is 14.7. The van der Waals surface area contributed by atoms with Gasteiger partial charge in [-0.1, -0.05) is 36.4 Å². The van der Waals surface area contributed by atoms with Crippen LogP contribution in [0.1, 0.15) is 28.0 Å². The Hall–Kier alpha value is -1.56. The Morgan fingerprint density at radius 1 is 1.19 bits per heavy atom. The fraction of sp³-hybridized carbons (Fsp3) is 0.350. The van der Waals surface area contributed by atoms with Crippen LogP contribution in [0.4, 0.5) is 4.39 Å². The minimum atomic E-state index is -0.257. The number of aryl methyl sites for hydroxylation is 1. The molecule has 1 fully saturated rings. The number of hydrogen-bond donors (Lipinski definition) is 1. The van der Waals surface area contributed by atoms with Gasteiger partial charge in [-0.05, 0) is 41.0 Å². The van der Waals surface area contributed by atoms with Crippen LogP contribution >= 0.6 is 24.2 Å². The number of halogens is 2. The first-order valence-corrected chi connectivity index (χ1v) is 9.75. The van der Waals surface area contributed by atoms with Gasteiger partial charge in [-0.15, -0.1) is 24.2 Å².